The molecule has 0 saturated carbocycles. The summed E-state index contributed by atoms with van der Waals surface area (Å²) >= 11 is 7.52. The fourth-order valence-electron chi connectivity index (χ4n) is 1.08. The van der Waals surface area contributed by atoms with Crippen LogP contribution < -0.4 is 0 Å². The number of hydrogen-bond donors (Lipinski definition) is 0. The van der Waals surface area contributed by atoms with E-state index in [2.05, 4.69) is 30.3 Å². The van der Waals surface area contributed by atoms with Crippen molar-refractivity contribution in [3.05, 3.63) is 30.3 Å². The predicted octanol–water partition coefficient (Wildman–Crippen LogP) is 4.19. The van der Waals surface area contributed by atoms with Gasteiger partial charge in [0.15, 0.2) is 0 Å². The summed E-state index contributed by atoms with van der Waals surface area (Å²) in [4.78, 5) is 1.37. The van der Waals surface area contributed by atoms with Crippen molar-refractivity contribution in [1.82, 2.24) is 0 Å². The van der Waals surface area contributed by atoms with Crippen molar-refractivity contribution < 1.29 is 0 Å². The lowest BCUT2D eigenvalue weighted by atomic mass is 10.3. The summed E-state index contributed by atoms with van der Waals surface area (Å²) in [7, 11) is 0. The molecule has 0 unspecified atom stereocenters. The molecule has 0 N–H and O–H groups in total. The maximum Gasteiger partial charge on any atom is 0.0223 e. The Balaban J connectivity index is 2.07. The quantitative estimate of drug-likeness (QED) is 0.389. The first-order valence-electron chi connectivity index (χ1n) is 4.67. The first kappa shape index (κ1) is 10.9. The van der Waals surface area contributed by atoms with Crippen molar-refractivity contribution >= 4 is 23.4 Å². The minimum atomic E-state index is 0.802. The van der Waals surface area contributed by atoms with Crippen molar-refractivity contribution in [2.45, 2.75) is 24.2 Å². The molecular formula is C11H15ClS. The first-order valence-corrected chi connectivity index (χ1v) is 6.19. The summed E-state index contributed by atoms with van der Waals surface area (Å²) in [6, 6.07) is 10.5. The Hall–Kier alpha value is -0.140. The lowest BCUT2D eigenvalue weighted by Gasteiger charge is -2.00. The fraction of sp³-hybridized carbons (Fsp3) is 0.455. The molecule has 13 heavy (non-hydrogen) atoms. The molecular weight excluding hydrogens is 200 g/mol. The molecule has 0 heterocycles. The van der Waals surface area contributed by atoms with Gasteiger partial charge in [-0.15, -0.1) is 23.4 Å². The van der Waals surface area contributed by atoms with Crippen LogP contribution in [0.5, 0.6) is 0 Å². The van der Waals surface area contributed by atoms with E-state index < -0.39 is 0 Å². The average Bonchev–Trinajstić information content (AvgIpc) is 2.19. The molecule has 0 aliphatic carbocycles. The minimum absolute atomic E-state index is 0.802. The van der Waals surface area contributed by atoms with Crippen LogP contribution in [-0.4, -0.2) is 11.6 Å². The van der Waals surface area contributed by atoms with Crippen LogP contribution in [0.3, 0.4) is 0 Å². The van der Waals surface area contributed by atoms with Crippen LogP contribution >= 0.6 is 23.4 Å². The molecule has 0 atom stereocenters. The zero-order chi connectivity index (χ0) is 9.36. The van der Waals surface area contributed by atoms with Crippen LogP contribution in [0.1, 0.15) is 19.3 Å². The fourth-order valence-corrected chi connectivity index (χ4v) is 2.20. The molecule has 0 radical (unpaired) electrons. The lowest BCUT2D eigenvalue weighted by molar-refractivity contribution is 0.783. The highest BCUT2D eigenvalue weighted by atomic mass is 35.5. The van der Waals surface area contributed by atoms with E-state index >= 15 is 0 Å². The van der Waals surface area contributed by atoms with Crippen molar-refractivity contribution in [1.29, 1.82) is 0 Å². The van der Waals surface area contributed by atoms with Crippen molar-refractivity contribution in [3.63, 3.8) is 0 Å². The van der Waals surface area contributed by atoms with Crippen LogP contribution in [0, 0.1) is 0 Å². The van der Waals surface area contributed by atoms with Crippen LogP contribution in [0.25, 0.3) is 0 Å². The SMILES string of the molecule is ClCCCCCSc1ccccc1. The molecule has 0 aliphatic heterocycles. The Morgan fingerprint density at radius 2 is 1.77 bits per heavy atom. The van der Waals surface area contributed by atoms with E-state index in [9.17, 15) is 0 Å². The maximum atomic E-state index is 5.59. The highest BCUT2D eigenvalue weighted by molar-refractivity contribution is 7.99. The number of alkyl halides is 1. The molecule has 0 saturated heterocycles. The third-order valence-electron chi connectivity index (χ3n) is 1.79. The Bertz CT molecular complexity index is 211. The summed E-state index contributed by atoms with van der Waals surface area (Å²) < 4.78 is 0. The van der Waals surface area contributed by atoms with E-state index in [4.69, 9.17) is 11.6 Å². The smallest absolute Gasteiger partial charge is 0.0223 e. The molecule has 72 valence electrons. The maximum absolute atomic E-state index is 5.59. The molecule has 2 heteroatoms. The molecule has 0 aromatic heterocycles. The zero-order valence-electron chi connectivity index (χ0n) is 7.71. The number of halogens is 1. The molecule has 0 bridgehead atoms. The van der Waals surface area contributed by atoms with Gasteiger partial charge in [0.2, 0.25) is 0 Å². The monoisotopic (exact) mass is 214 g/mol. The second-order valence-corrected chi connectivity index (χ2v) is 4.46. The number of rotatable bonds is 6. The van der Waals surface area contributed by atoms with Gasteiger partial charge < -0.3 is 0 Å². The van der Waals surface area contributed by atoms with E-state index in [1.807, 2.05) is 11.8 Å². The molecule has 0 nitrogen and oxygen atoms in total. The molecule has 0 aliphatic rings. The van der Waals surface area contributed by atoms with Gasteiger partial charge in [0.05, 0.1) is 0 Å². The second-order valence-electron chi connectivity index (χ2n) is 2.91. The Morgan fingerprint density at radius 1 is 1.00 bits per heavy atom. The summed E-state index contributed by atoms with van der Waals surface area (Å²) in [5, 5.41) is 0. The first-order chi connectivity index (χ1) is 6.43. The Kier molecular flexibility index (Phi) is 6.13. The van der Waals surface area contributed by atoms with Crippen LogP contribution in [0.15, 0.2) is 35.2 Å². The summed E-state index contributed by atoms with van der Waals surface area (Å²) in [6.07, 6.45) is 3.67. The van der Waals surface area contributed by atoms with Crippen LogP contribution in [0.2, 0.25) is 0 Å². The van der Waals surface area contributed by atoms with Gasteiger partial charge in [0.25, 0.3) is 0 Å². The molecule has 0 fully saturated rings. The number of thioether (sulfide) groups is 1. The predicted molar refractivity (Wildman–Crippen MR) is 61.7 cm³/mol. The third-order valence-corrected chi connectivity index (χ3v) is 3.16. The van der Waals surface area contributed by atoms with Crippen molar-refractivity contribution in [2.75, 3.05) is 11.6 Å². The number of benzene rings is 1. The number of hydrogen-bond acceptors (Lipinski definition) is 1. The van der Waals surface area contributed by atoms with E-state index in [0.29, 0.717) is 0 Å². The van der Waals surface area contributed by atoms with Crippen LogP contribution in [0.4, 0.5) is 0 Å². The minimum Gasteiger partial charge on any atom is -0.127 e. The summed E-state index contributed by atoms with van der Waals surface area (Å²) in [6.45, 7) is 0. The topological polar surface area (TPSA) is 0 Å². The zero-order valence-corrected chi connectivity index (χ0v) is 9.28. The average molecular weight is 215 g/mol. The van der Waals surface area contributed by atoms with E-state index in [0.717, 1.165) is 12.3 Å². The van der Waals surface area contributed by atoms with Gasteiger partial charge in [0.1, 0.15) is 0 Å². The largest absolute Gasteiger partial charge is 0.127 e. The van der Waals surface area contributed by atoms with E-state index in [-0.39, 0.29) is 0 Å². The Morgan fingerprint density at radius 3 is 2.46 bits per heavy atom. The van der Waals surface area contributed by atoms with Gasteiger partial charge >= 0.3 is 0 Å². The van der Waals surface area contributed by atoms with Gasteiger partial charge in [-0.25, -0.2) is 0 Å². The lowest BCUT2D eigenvalue weighted by Crippen LogP contribution is -1.82. The molecule has 1 aromatic rings. The van der Waals surface area contributed by atoms with Gasteiger partial charge in [-0.05, 0) is 30.7 Å². The highest BCUT2D eigenvalue weighted by Crippen LogP contribution is 2.18. The standard InChI is InChI=1S/C11H15ClS/c12-9-5-2-6-10-13-11-7-3-1-4-8-11/h1,3-4,7-8H,2,5-6,9-10H2. The van der Waals surface area contributed by atoms with E-state index in [1.54, 1.807) is 0 Å². The summed E-state index contributed by atoms with van der Waals surface area (Å²) in [5.41, 5.74) is 0. The molecule has 0 spiro atoms. The highest BCUT2D eigenvalue weighted by Gasteiger charge is 1.92. The molecule has 1 aromatic carbocycles. The Labute approximate surface area is 89.7 Å². The van der Waals surface area contributed by atoms with Gasteiger partial charge in [-0.1, -0.05) is 24.6 Å². The number of unbranched alkanes of at least 4 members (excludes halogenated alkanes) is 2. The molecule has 0 amide bonds. The third kappa shape index (κ3) is 5.22. The van der Waals surface area contributed by atoms with Crippen LogP contribution in [-0.2, 0) is 0 Å². The van der Waals surface area contributed by atoms with Crippen molar-refractivity contribution in [3.8, 4) is 0 Å². The van der Waals surface area contributed by atoms with Crippen molar-refractivity contribution in [2.24, 2.45) is 0 Å². The molecule has 1 rings (SSSR count). The van der Waals surface area contributed by atoms with Gasteiger partial charge in [-0.2, -0.15) is 0 Å². The van der Waals surface area contributed by atoms with Gasteiger partial charge in [0, 0.05) is 10.8 Å². The summed E-state index contributed by atoms with van der Waals surface area (Å²) in [5.74, 6) is 2.01. The van der Waals surface area contributed by atoms with E-state index in [1.165, 1.54) is 23.5 Å². The normalized spacial score (nSPS) is 10.2. The van der Waals surface area contributed by atoms with Gasteiger partial charge in [-0.3, -0.25) is 0 Å². The second kappa shape index (κ2) is 7.28.